The summed E-state index contributed by atoms with van der Waals surface area (Å²) in [6.45, 7) is 7.42. The molecule has 0 spiro atoms. The molecule has 0 aromatic carbocycles. The molecule has 108 valence electrons. The molecule has 1 atom stereocenters. The lowest BCUT2D eigenvalue weighted by atomic mass is 10.2. The van der Waals surface area contributed by atoms with Crippen molar-refractivity contribution in [3.63, 3.8) is 0 Å². The minimum absolute atomic E-state index is 0.578. The molecule has 0 saturated carbocycles. The van der Waals surface area contributed by atoms with Gasteiger partial charge in [-0.15, -0.1) is 5.10 Å². The Morgan fingerprint density at radius 2 is 2.35 bits per heavy atom. The van der Waals surface area contributed by atoms with Gasteiger partial charge in [-0.05, 0) is 44.9 Å². The van der Waals surface area contributed by atoms with Crippen LogP contribution in [0.25, 0.3) is 5.65 Å². The lowest BCUT2D eigenvalue weighted by Gasteiger charge is -2.23. The maximum atomic E-state index is 4.68. The summed E-state index contributed by atoms with van der Waals surface area (Å²) in [5.41, 5.74) is 2.05. The van der Waals surface area contributed by atoms with Crippen LogP contribution in [-0.2, 0) is 0 Å². The van der Waals surface area contributed by atoms with E-state index in [1.165, 1.54) is 12.8 Å². The SMILES string of the molecule is CCCN(CC1CCCN1)c1nc2cccc(C)n2n1. The zero-order valence-corrected chi connectivity index (χ0v) is 12.3. The Bertz CT molecular complexity index is 571. The Balaban J connectivity index is 1.86. The Morgan fingerprint density at radius 3 is 3.05 bits per heavy atom. The van der Waals surface area contributed by atoms with Crippen molar-refractivity contribution in [2.45, 2.75) is 39.2 Å². The van der Waals surface area contributed by atoms with E-state index in [2.05, 4.69) is 40.2 Å². The molecular weight excluding hydrogens is 250 g/mol. The number of hydrogen-bond acceptors (Lipinski definition) is 4. The molecule has 5 nitrogen and oxygen atoms in total. The van der Waals surface area contributed by atoms with Crippen LogP contribution in [0.4, 0.5) is 5.95 Å². The standard InChI is InChI=1S/C15H23N5/c1-3-10-19(11-13-7-5-9-16-13)15-17-14-8-4-6-12(2)20(14)18-15/h4,6,8,13,16H,3,5,7,9-11H2,1-2H3. The van der Waals surface area contributed by atoms with E-state index >= 15 is 0 Å². The van der Waals surface area contributed by atoms with Gasteiger partial charge in [-0.1, -0.05) is 13.0 Å². The van der Waals surface area contributed by atoms with E-state index in [1.807, 2.05) is 16.6 Å². The molecule has 3 rings (SSSR count). The number of rotatable bonds is 5. The van der Waals surface area contributed by atoms with Gasteiger partial charge in [0.2, 0.25) is 5.95 Å². The highest BCUT2D eigenvalue weighted by Crippen LogP contribution is 2.15. The minimum atomic E-state index is 0.578. The molecule has 1 N–H and O–H groups in total. The third kappa shape index (κ3) is 2.63. The molecule has 0 aliphatic carbocycles. The number of fused-ring (bicyclic) bond motifs is 1. The molecule has 1 saturated heterocycles. The highest BCUT2D eigenvalue weighted by molar-refractivity contribution is 5.45. The molecule has 1 aliphatic heterocycles. The number of nitrogens with zero attached hydrogens (tertiary/aromatic N) is 4. The first-order chi connectivity index (χ1) is 9.78. The van der Waals surface area contributed by atoms with Gasteiger partial charge in [0.05, 0.1) is 0 Å². The van der Waals surface area contributed by atoms with Gasteiger partial charge < -0.3 is 10.2 Å². The molecule has 0 bridgehead atoms. The number of nitrogens with one attached hydrogen (secondary N) is 1. The van der Waals surface area contributed by atoms with Crippen LogP contribution in [0, 0.1) is 6.92 Å². The molecule has 0 amide bonds. The molecule has 1 fully saturated rings. The summed E-state index contributed by atoms with van der Waals surface area (Å²) in [6.07, 6.45) is 3.65. The number of aryl methyl sites for hydroxylation is 1. The molecule has 20 heavy (non-hydrogen) atoms. The van der Waals surface area contributed by atoms with E-state index in [-0.39, 0.29) is 0 Å². The van der Waals surface area contributed by atoms with Gasteiger partial charge in [0.25, 0.3) is 0 Å². The third-order valence-electron chi connectivity index (χ3n) is 3.92. The van der Waals surface area contributed by atoms with Crippen molar-refractivity contribution in [3.05, 3.63) is 23.9 Å². The highest BCUT2D eigenvalue weighted by Gasteiger charge is 2.20. The first-order valence-electron chi connectivity index (χ1n) is 7.58. The van der Waals surface area contributed by atoms with Crippen LogP contribution in [0.1, 0.15) is 31.9 Å². The average Bonchev–Trinajstić information content (AvgIpc) is 3.07. The van der Waals surface area contributed by atoms with Crippen molar-refractivity contribution in [3.8, 4) is 0 Å². The monoisotopic (exact) mass is 273 g/mol. The largest absolute Gasteiger partial charge is 0.338 e. The van der Waals surface area contributed by atoms with Crippen molar-refractivity contribution < 1.29 is 0 Å². The highest BCUT2D eigenvalue weighted by atomic mass is 15.4. The van der Waals surface area contributed by atoms with Gasteiger partial charge in [0.1, 0.15) is 0 Å². The van der Waals surface area contributed by atoms with Crippen molar-refractivity contribution in [2.24, 2.45) is 0 Å². The van der Waals surface area contributed by atoms with Gasteiger partial charge in [-0.3, -0.25) is 0 Å². The Kier molecular flexibility index (Phi) is 3.87. The minimum Gasteiger partial charge on any atom is -0.338 e. The Labute approximate surface area is 120 Å². The fraction of sp³-hybridized carbons (Fsp3) is 0.600. The van der Waals surface area contributed by atoms with Crippen LogP contribution >= 0.6 is 0 Å². The second-order valence-electron chi connectivity index (χ2n) is 5.59. The molecule has 1 unspecified atom stereocenters. The van der Waals surface area contributed by atoms with Gasteiger partial charge >= 0.3 is 0 Å². The summed E-state index contributed by atoms with van der Waals surface area (Å²) >= 11 is 0. The fourth-order valence-corrected chi connectivity index (χ4v) is 2.88. The summed E-state index contributed by atoms with van der Waals surface area (Å²) in [6, 6.07) is 6.69. The van der Waals surface area contributed by atoms with E-state index in [1.54, 1.807) is 0 Å². The van der Waals surface area contributed by atoms with Crippen molar-refractivity contribution >= 4 is 11.6 Å². The smallest absolute Gasteiger partial charge is 0.245 e. The maximum absolute atomic E-state index is 4.68. The van der Waals surface area contributed by atoms with E-state index in [4.69, 9.17) is 0 Å². The zero-order valence-electron chi connectivity index (χ0n) is 12.3. The van der Waals surface area contributed by atoms with Crippen LogP contribution < -0.4 is 10.2 Å². The molecular formula is C15H23N5. The molecule has 2 aromatic heterocycles. The zero-order chi connectivity index (χ0) is 13.9. The predicted molar refractivity (Wildman–Crippen MR) is 81.3 cm³/mol. The van der Waals surface area contributed by atoms with Crippen LogP contribution in [0.2, 0.25) is 0 Å². The van der Waals surface area contributed by atoms with Gasteiger partial charge in [0, 0.05) is 24.8 Å². The van der Waals surface area contributed by atoms with Crippen LogP contribution in [-0.4, -0.2) is 40.3 Å². The summed E-state index contributed by atoms with van der Waals surface area (Å²) in [5, 5.41) is 8.23. The summed E-state index contributed by atoms with van der Waals surface area (Å²) < 4.78 is 1.93. The van der Waals surface area contributed by atoms with Gasteiger partial charge in [0.15, 0.2) is 5.65 Å². The van der Waals surface area contributed by atoms with Gasteiger partial charge in [-0.2, -0.15) is 4.98 Å². The van der Waals surface area contributed by atoms with E-state index in [0.717, 1.165) is 43.3 Å². The van der Waals surface area contributed by atoms with Crippen molar-refractivity contribution in [2.75, 3.05) is 24.5 Å². The number of aromatic nitrogens is 3. The Morgan fingerprint density at radius 1 is 1.45 bits per heavy atom. The topological polar surface area (TPSA) is 45.5 Å². The summed E-state index contributed by atoms with van der Waals surface area (Å²) in [4.78, 5) is 7.00. The lowest BCUT2D eigenvalue weighted by molar-refractivity contribution is 0.571. The van der Waals surface area contributed by atoms with Gasteiger partial charge in [-0.25, -0.2) is 4.52 Å². The van der Waals surface area contributed by atoms with Crippen LogP contribution in [0.15, 0.2) is 18.2 Å². The number of anilines is 1. The quantitative estimate of drug-likeness (QED) is 0.905. The second kappa shape index (κ2) is 5.79. The van der Waals surface area contributed by atoms with E-state index in [9.17, 15) is 0 Å². The third-order valence-corrected chi connectivity index (χ3v) is 3.92. The van der Waals surface area contributed by atoms with E-state index < -0.39 is 0 Å². The summed E-state index contributed by atoms with van der Waals surface area (Å²) in [7, 11) is 0. The molecule has 5 heteroatoms. The predicted octanol–water partition coefficient (Wildman–Crippen LogP) is 2.01. The van der Waals surface area contributed by atoms with Crippen LogP contribution in [0.3, 0.4) is 0 Å². The normalized spacial score (nSPS) is 18.8. The summed E-state index contributed by atoms with van der Waals surface area (Å²) in [5.74, 6) is 0.856. The maximum Gasteiger partial charge on any atom is 0.245 e. The van der Waals surface area contributed by atoms with Crippen molar-refractivity contribution in [1.82, 2.24) is 19.9 Å². The Hall–Kier alpha value is -1.62. The molecule has 2 aromatic rings. The number of pyridine rings is 1. The average molecular weight is 273 g/mol. The molecule has 0 radical (unpaired) electrons. The molecule has 1 aliphatic rings. The van der Waals surface area contributed by atoms with E-state index in [0.29, 0.717) is 6.04 Å². The van der Waals surface area contributed by atoms with Crippen LogP contribution in [0.5, 0.6) is 0 Å². The van der Waals surface area contributed by atoms with Crippen molar-refractivity contribution in [1.29, 1.82) is 0 Å². The molecule has 3 heterocycles. The first-order valence-corrected chi connectivity index (χ1v) is 7.58. The fourth-order valence-electron chi connectivity index (χ4n) is 2.88. The number of hydrogen-bond donors (Lipinski definition) is 1. The second-order valence-corrected chi connectivity index (χ2v) is 5.59. The lowest BCUT2D eigenvalue weighted by Crippen LogP contribution is -2.38. The first kappa shape index (κ1) is 13.4.